The van der Waals surface area contributed by atoms with Gasteiger partial charge in [0.1, 0.15) is 0 Å². The number of rotatable bonds is 3. The van der Waals surface area contributed by atoms with Gasteiger partial charge in [-0.05, 0) is 6.07 Å². The lowest BCUT2D eigenvalue weighted by Gasteiger charge is -2.15. The molecule has 0 aromatic heterocycles. The zero-order valence-corrected chi connectivity index (χ0v) is 6.61. The van der Waals surface area contributed by atoms with E-state index >= 15 is 0 Å². The average Bonchev–Trinajstić information content (AvgIpc) is 2.04. The Balaban J connectivity index is 2.81. The lowest BCUT2D eigenvalue weighted by Crippen LogP contribution is -2.17. The van der Waals surface area contributed by atoms with Crippen molar-refractivity contribution in [3.63, 3.8) is 0 Å². The lowest BCUT2D eigenvalue weighted by atomic mass is 10.1. The van der Waals surface area contributed by atoms with Crippen molar-refractivity contribution in [2.24, 2.45) is 0 Å². The second-order valence-electron chi connectivity index (χ2n) is 2.59. The van der Waals surface area contributed by atoms with E-state index in [0.29, 0.717) is 0 Å². The van der Waals surface area contributed by atoms with Gasteiger partial charge in [-0.25, -0.2) is 17.6 Å². The second kappa shape index (κ2) is 3.77. The fourth-order valence-corrected chi connectivity index (χ4v) is 0.942. The molecule has 0 aliphatic heterocycles. The molecule has 4 heteroatoms. The highest BCUT2D eigenvalue weighted by Gasteiger charge is 2.34. The third kappa shape index (κ3) is 2.72. The number of benzene rings is 1. The van der Waals surface area contributed by atoms with Gasteiger partial charge in [-0.15, -0.1) is 0 Å². The molecule has 71 valence electrons. The summed E-state index contributed by atoms with van der Waals surface area (Å²) in [5.41, 5.74) is -0.397. The molecular formula is C9H7F4. The summed E-state index contributed by atoms with van der Waals surface area (Å²) in [7, 11) is 0. The van der Waals surface area contributed by atoms with Crippen LogP contribution in [0.25, 0.3) is 0 Å². The van der Waals surface area contributed by atoms with Crippen LogP contribution in [-0.2, 0) is 5.92 Å². The average molecular weight is 191 g/mol. The molecule has 1 rings (SSSR count). The summed E-state index contributed by atoms with van der Waals surface area (Å²) in [5.74, 6) is -3.46. The molecule has 1 radical (unpaired) electrons. The highest BCUT2D eigenvalue weighted by Crippen LogP contribution is 2.33. The maximum Gasteiger partial charge on any atom is 0.278 e. The van der Waals surface area contributed by atoms with Crippen molar-refractivity contribution in [2.45, 2.75) is 18.8 Å². The van der Waals surface area contributed by atoms with Crippen LogP contribution < -0.4 is 0 Å². The van der Waals surface area contributed by atoms with Crippen LogP contribution in [0.15, 0.2) is 24.3 Å². The van der Waals surface area contributed by atoms with Gasteiger partial charge in [-0.3, -0.25) is 0 Å². The van der Waals surface area contributed by atoms with Gasteiger partial charge < -0.3 is 0 Å². The Hall–Kier alpha value is -1.06. The van der Waals surface area contributed by atoms with Crippen molar-refractivity contribution >= 4 is 0 Å². The predicted molar refractivity (Wildman–Crippen MR) is 39.8 cm³/mol. The van der Waals surface area contributed by atoms with Gasteiger partial charge in [-0.2, -0.15) is 0 Å². The van der Waals surface area contributed by atoms with Crippen LogP contribution in [0.4, 0.5) is 17.6 Å². The van der Waals surface area contributed by atoms with Crippen molar-refractivity contribution in [1.82, 2.24) is 0 Å². The standard InChI is InChI=1S/C9H7F4/c10-8(11)6-9(12,13)7-4-2-1-3-5-7/h2-5,8H,6H2. The Morgan fingerprint density at radius 1 is 1.23 bits per heavy atom. The quantitative estimate of drug-likeness (QED) is 0.643. The maximum absolute atomic E-state index is 12.9. The van der Waals surface area contributed by atoms with E-state index in [4.69, 9.17) is 0 Å². The zero-order chi connectivity index (χ0) is 9.90. The lowest BCUT2D eigenvalue weighted by molar-refractivity contribution is -0.0594. The Labute approximate surface area is 73.2 Å². The first kappa shape index (κ1) is 10.0. The van der Waals surface area contributed by atoms with Gasteiger partial charge in [0.25, 0.3) is 5.92 Å². The first-order chi connectivity index (χ1) is 6.02. The van der Waals surface area contributed by atoms with Gasteiger partial charge >= 0.3 is 0 Å². The van der Waals surface area contributed by atoms with E-state index in [9.17, 15) is 17.6 Å². The summed E-state index contributed by atoms with van der Waals surface area (Å²) in [4.78, 5) is 0. The highest BCUT2D eigenvalue weighted by molar-refractivity contribution is 5.19. The Morgan fingerprint density at radius 3 is 2.23 bits per heavy atom. The van der Waals surface area contributed by atoms with Crippen LogP contribution in [0, 0.1) is 6.07 Å². The number of alkyl halides is 4. The van der Waals surface area contributed by atoms with Gasteiger partial charge in [0.2, 0.25) is 6.43 Å². The maximum atomic E-state index is 12.9. The summed E-state index contributed by atoms with van der Waals surface area (Å²) in [6.07, 6.45) is -4.43. The van der Waals surface area contributed by atoms with E-state index in [2.05, 4.69) is 6.07 Å². The van der Waals surface area contributed by atoms with Crippen molar-refractivity contribution < 1.29 is 17.6 Å². The summed E-state index contributed by atoms with van der Waals surface area (Å²) in [6.45, 7) is 0. The summed E-state index contributed by atoms with van der Waals surface area (Å²) < 4.78 is 49.3. The van der Waals surface area contributed by atoms with E-state index in [1.54, 1.807) is 0 Å². The normalized spacial score (nSPS) is 12.1. The van der Waals surface area contributed by atoms with Gasteiger partial charge in [-0.1, -0.05) is 24.3 Å². The van der Waals surface area contributed by atoms with Crippen LogP contribution in [0.5, 0.6) is 0 Å². The van der Waals surface area contributed by atoms with E-state index in [1.807, 2.05) is 0 Å². The molecule has 1 aromatic carbocycles. The van der Waals surface area contributed by atoms with Crippen molar-refractivity contribution in [3.8, 4) is 0 Å². The molecular weight excluding hydrogens is 184 g/mol. The molecule has 0 aliphatic carbocycles. The molecule has 0 amide bonds. The topological polar surface area (TPSA) is 0 Å². The Morgan fingerprint density at radius 2 is 1.77 bits per heavy atom. The molecule has 13 heavy (non-hydrogen) atoms. The molecule has 0 bridgehead atoms. The molecule has 0 saturated carbocycles. The summed E-state index contributed by atoms with van der Waals surface area (Å²) >= 11 is 0. The molecule has 0 aliphatic rings. The van der Waals surface area contributed by atoms with E-state index in [-0.39, 0.29) is 0 Å². The third-order valence-corrected chi connectivity index (χ3v) is 1.55. The van der Waals surface area contributed by atoms with E-state index in [1.165, 1.54) is 12.1 Å². The third-order valence-electron chi connectivity index (χ3n) is 1.55. The van der Waals surface area contributed by atoms with Crippen LogP contribution in [0.1, 0.15) is 12.0 Å². The molecule has 0 nitrogen and oxygen atoms in total. The first-order valence-corrected chi connectivity index (χ1v) is 3.65. The van der Waals surface area contributed by atoms with E-state index in [0.717, 1.165) is 12.1 Å². The molecule has 0 heterocycles. The minimum atomic E-state index is -3.46. The second-order valence-corrected chi connectivity index (χ2v) is 2.59. The molecule has 0 saturated heterocycles. The van der Waals surface area contributed by atoms with Crippen molar-refractivity contribution in [3.05, 3.63) is 35.9 Å². The number of hydrogen-bond acceptors (Lipinski definition) is 0. The molecule has 0 atom stereocenters. The Bertz CT molecular complexity index is 256. The predicted octanol–water partition coefficient (Wildman–Crippen LogP) is 3.23. The molecule has 0 fully saturated rings. The van der Waals surface area contributed by atoms with E-state index < -0.39 is 24.3 Å². The fourth-order valence-electron chi connectivity index (χ4n) is 0.942. The first-order valence-electron chi connectivity index (χ1n) is 3.65. The SMILES string of the molecule is FC(F)CC(F)(F)c1cc[c]cc1. The summed E-state index contributed by atoms with van der Waals surface area (Å²) in [5, 5.41) is 0. The smallest absolute Gasteiger partial charge is 0.210 e. The number of hydrogen-bond donors (Lipinski definition) is 0. The molecule has 0 unspecified atom stereocenters. The van der Waals surface area contributed by atoms with Crippen LogP contribution in [-0.4, -0.2) is 6.43 Å². The molecule has 0 N–H and O–H groups in total. The van der Waals surface area contributed by atoms with Gasteiger partial charge in [0.15, 0.2) is 0 Å². The van der Waals surface area contributed by atoms with Gasteiger partial charge in [0.05, 0.1) is 6.42 Å². The molecule has 1 aromatic rings. The minimum Gasteiger partial charge on any atom is -0.210 e. The Kier molecular flexibility index (Phi) is 2.90. The van der Waals surface area contributed by atoms with Crippen LogP contribution in [0.2, 0.25) is 0 Å². The fraction of sp³-hybridized carbons (Fsp3) is 0.333. The van der Waals surface area contributed by atoms with Crippen molar-refractivity contribution in [2.75, 3.05) is 0 Å². The zero-order valence-electron chi connectivity index (χ0n) is 6.61. The number of halogens is 4. The van der Waals surface area contributed by atoms with Crippen LogP contribution >= 0.6 is 0 Å². The van der Waals surface area contributed by atoms with Crippen molar-refractivity contribution in [1.29, 1.82) is 0 Å². The highest BCUT2D eigenvalue weighted by atomic mass is 19.3. The van der Waals surface area contributed by atoms with Crippen LogP contribution in [0.3, 0.4) is 0 Å². The van der Waals surface area contributed by atoms with Gasteiger partial charge in [0, 0.05) is 5.56 Å². The summed E-state index contributed by atoms with van der Waals surface area (Å²) in [6, 6.07) is 7.25. The minimum absolute atomic E-state index is 0.397. The molecule has 0 spiro atoms. The largest absolute Gasteiger partial charge is 0.278 e. The monoisotopic (exact) mass is 191 g/mol.